The molecular formula is C24H21N9O. The number of nitrogens with zero attached hydrogens (tertiary/aromatic N) is 8. The van der Waals surface area contributed by atoms with Crippen molar-refractivity contribution in [3.8, 4) is 17.7 Å². The van der Waals surface area contributed by atoms with Crippen LogP contribution < -0.4 is 5.32 Å². The van der Waals surface area contributed by atoms with Gasteiger partial charge in [0.15, 0.2) is 11.5 Å². The highest BCUT2D eigenvalue weighted by Crippen LogP contribution is 2.26. The van der Waals surface area contributed by atoms with Crippen LogP contribution >= 0.6 is 0 Å². The van der Waals surface area contributed by atoms with E-state index in [1.165, 1.54) is 0 Å². The van der Waals surface area contributed by atoms with Crippen molar-refractivity contribution in [2.24, 2.45) is 0 Å². The van der Waals surface area contributed by atoms with E-state index in [9.17, 15) is 10.4 Å². The van der Waals surface area contributed by atoms with Gasteiger partial charge in [0, 0.05) is 29.3 Å². The molecule has 10 nitrogen and oxygen atoms in total. The lowest BCUT2D eigenvalue weighted by Gasteiger charge is -2.14. The number of nitriles is 1. The Morgan fingerprint density at radius 2 is 1.85 bits per heavy atom. The molecule has 0 aliphatic rings. The van der Waals surface area contributed by atoms with Crippen LogP contribution in [0, 0.1) is 25.2 Å². The number of imidazole rings is 1. The molecule has 0 bridgehead atoms. The van der Waals surface area contributed by atoms with Gasteiger partial charge in [0.05, 0.1) is 17.1 Å². The summed E-state index contributed by atoms with van der Waals surface area (Å²) in [6.45, 7) is 5.45. The number of rotatable bonds is 5. The third kappa shape index (κ3) is 3.85. The summed E-state index contributed by atoms with van der Waals surface area (Å²) in [5.41, 5.74) is 5.06. The molecule has 1 atom stereocenters. The third-order valence-electron chi connectivity index (χ3n) is 5.37. The van der Waals surface area contributed by atoms with Crippen molar-refractivity contribution < 1.29 is 5.11 Å². The summed E-state index contributed by atoms with van der Waals surface area (Å²) in [7, 11) is 0. The molecule has 5 rings (SSSR count). The first-order valence-corrected chi connectivity index (χ1v) is 10.6. The maximum absolute atomic E-state index is 10.3. The third-order valence-corrected chi connectivity index (χ3v) is 5.37. The second-order valence-corrected chi connectivity index (χ2v) is 7.98. The van der Waals surface area contributed by atoms with Gasteiger partial charge in [0.25, 0.3) is 0 Å². The Hall–Kier alpha value is -4.62. The zero-order valence-electron chi connectivity index (χ0n) is 18.8. The maximum Gasteiger partial charge on any atom is 0.227 e. The van der Waals surface area contributed by atoms with E-state index in [0.29, 0.717) is 23.1 Å². The highest BCUT2D eigenvalue weighted by molar-refractivity contribution is 5.81. The van der Waals surface area contributed by atoms with Crippen molar-refractivity contribution in [1.82, 2.24) is 34.3 Å². The maximum atomic E-state index is 10.3. The molecule has 4 aromatic heterocycles. The number of aromatic nitrogens is 7. The first-order valence-electron chi connectivity index (χ1n) is 10.6. The van der Waals surface area contributed by atoms with Gasteiger partial charge in [-0.2, -0.15) is 10.4 Å². The van der Waals surface area contributed by atoms with E-state index < -0.39 is 6.10 Å². The number of anilines is 2. The van der Waals surface area contributed by atoms with Gasteiger partial charge in [0.2, 0.25) is 5.95 Å². The van der Waals surface area contributed by atoms with Crippen molar-refractivity contribution in [1.29, 1.82) is 5.26 Å². The fraction of sp³-hybridized carbons (Fsp3) is 0.167. The van der Waals surface area contributed by atoms with Gasteiger partial charge in [-0.3, -0.25) is 4.57 Å². The zero-order valence-corrected chi connectivity index (χ0v) is 18.8. The van der Waals surface area contributed by atoms with Crippen molar-refractivity contribution >= 4 is 22.7 Å². The quantitative estimate of drug-likeness (QED) is 0.414. The summed E-state index contributed by atoms with van der Waals surface area (Å²) >= 11 is 0. The number of hydrogen-bond acceptors (Lipinski definition) is 8. The van der Waals surface area contributed by atoms with Crippen LogP contribution in [-0.4, -0.2) is 39.4 Å². The minimum atomic E-state index is -0.761. The number of hydrogen-bond donors (Lipinski definition) is 2. The average molecular weight is 451 g/mol. The molecule has 2 N–H and O–H groups in total. The minimum absolute atomic E-state index is 0.284. The molecule has 0 fully saturated rings. The summed E-state index contributed by atoms with van der Waals surface area (Å²) in [6, 6.07) is 13.1. The first kappa shape index (κ1) is 21.2. The van der Waals surface area contributed by atoms with E-state index in [2.05, 4.69) is 25.4 Å². The van der Waals surface area contributed by atoms with Crippen molar-refractivity contribution in [3.63, 3.8) is 0 Å². The minimum Gasteiger partial charge on any atom is -0.389 e. The van der Waals surface area contributed by atoms with E-state index >= 15 is 0 Å². The average Bonchev–Trinajstić information content (AvgIpc) is 3.43. The van der Waals surface area contributed by atoms with Gasteiger partial charge in [0.1, 0.15) is 18.2 Å². The summed E-state index contributed by atoms with van der Waals surface area (Å²) in [4.78, 5) is 17.9. The molecule has 0 amide bonds. The molecule has 10 heteroatoms. The molecule has 0 radical (unpaired) electrons. The number of aliphatic hydroxyl groups is 1. The van der Waals surface area contributed by atoms with E-state index in [-0.39, 0.29) is 5.69 Å². The lowest BCUT2D eigenvalue weighted by Crippen LogP contribution is -2.10. The van der Waals surface area contributed by atoms with Crippen molar-refractivity contribution in [3.05, 3.63) is 77.6 Å². The predicted octanol–water partition coefficient (Wildman–Crippen LogP) is 3.68. The van der Waals surface area contributed by atoms with Crippen LogP contribution in [0.1, 0.15) is 35.5 Å². The molecule has 4 heterocycles. The highest BCUT2D eigenvalue weighted by atomic mass is 16.3. The Labute approximate surface area is 195 Å². The Bertz CT molecular complexity index is 1540. The Morgan fingerprint density at radius 1 is 1.06 bits per heavy atom. The lowest BCUT2D eigenvalue weighted by molar-refractivity contribution is 0.198. The van der Waals surface area contributed by atoms with Gasteiger partial charge < -0.3 is 10.4 Å². The molecule has 34 heavy (non-hydrogen) atoms. The Morgan fingerprint density at radius 3 is 2.56 bits per heavy atom. The fourth-order valence-corrected chi connectivity index (χ4v) is 3.68. The second-order valence-electron chi connectivity index (χ2n) is 7.98. The van der Waals surface area contributed by atoms with Crippen LogP contribution in [-0.2, 0) is 0 Å². The van der Waals surface area contributed by atoms with Crippen LogP contribution in [0.2, 0.25) is 0 Å². The molecule has 0 saturated carbocycles. The molecule has 0 saturated heterocycles. The number of fused-ring (bicyclic) bond motifs is 1. The monoisotopic (exact) mass is 451 g/mol. The van der Waals surface area contributed by atoms with Crippen LogP contribution in [0.15, 0.2) is 55.1 Å². The lowest BCUT2D eigenvalue weighted by atomic mass is 10.1. The molecule has 1 unspecified atom stereocenters. The number of aliphatic hydroxyl groups excluding tert-OH is 1. The van der Waals surface area contributed by atoms with Gasteiger partial charge in [-0.15, -0.1) is 0 Å². The van der Waals surface area contributed by atoms with Gasteiger partial charge in [-0.1, -0.05) is 0 Å². The number of pyridine rings is 1. The van der Waals surface area contributed by atoms with Gasteiger partial charge in [-0.25, -0.2) is 24.6 Å². The summed E-state index contributed by atoms with van der Waals surface area (Å²) in [5.74, 6) is 1.58. The molecule has 168 valence electrons. The number of benzene rings is 1. The SMILES string of the molecule is Cc1cnc(Nc2ccc3c(c2)ncn3-c2ccc(C(C)O)c(-n3nc(C#N)cc3C)n2)nc1. The van der Waals surface area contributed by atoms with Crippen LogP contribution in [0.5, 0.6) is 0 Å². The summed E-state index contributed by atoms with van der Waals surface area (Å²) in [6.07, 6.45) is 4.44. The predicted molar refractivity (Wildman–Crippen MR) is 126 cm³/mol. The molecule has 5 aromatic rings. The number of nitrogens with one attached hydrogen (secondary N) is 1. The van der Waals surface area contributed by atoms with Crippen LogP contribution in [0.4, 0.5) is 11.6 Å². The molecule has 0 aliphatic carbocycles. The van der Waals surface area contributed by atoms with Gasteiger partial charge in [-0.05, 0) is 62.7 Å². The second kappa shape index (κ2) is 8.38. The van der Waals surface area contributed by atoms with Crippen LogP contribution in [0.25, 0.3) is 22.7 Å². The first-order chi connectivity index (χ1) is 16.4. The summed E-state index contributed by atoms with van der Waals surface area (Å²) < 4.78 is 3.44. The number of aryl methyl sites for hydroxylation is 2. The van der Waals surface area contributed by atoms with E-state index in [0.717, 1.165) is 28.0 Å². The zero-order chi connectivity index (χ0) is 23.8. The Balaban J connectivity index is 1.55. The molecule has 0 aliphatic heterocycles. The van der Waals surface area contributed by atoms with Crippen molar-refractivity contribution in [2.45, 2.75) is 26.9 Å². The molecule has 1 aromatic carbocycles. The fourth-order valence-electron chi connectivity index (χ4n) is 3.68. The van der Waals surface area contributed by atoms with E-state index in [4.69, 9.17) is 4.98 Å². The van der Waals surface area contributed by atoms with Gasteiger partial charge >= 0.3 is 0 Å². The van der Waals surface area contributed by atoms with Crippen molar-refractivity contribution in [2.75, 3.05) is 5.32 Å². The Kier molecular flexibility index (Phi) is 5.24. The van der Waals surface area contributed by atoms with E-state index in [1.807, 2.05) is 54.8 Å². The smallest absolute Gasteiger partial charge is 0.227 e. The highest BCUT2D eigenvalue weighted by Gasteiger charge is 2.17. The topological polar surface area (TPSA) is 130 Å². The normalized spacial score (nSPS) is 12.0. The molecule has 0 spiro atoms. The molecular weight excluding hydrogens is 430 g/mol. The standard InChI is InChI=1S/C24H21N9O/c1-14-11-26-24(27-12-14)29-17-4-6-21-20(9-17)28-13-32(21)22-7-5-19(16(3)34)23(30-22)33-15(2)8-18(10-25)31-33/h4-9,11-13,16,34H,1-3H3,(H,26,27,29). The largest absolute Gasteiger partial charge is 0.389 e. The van der Waals surface area contributed by atoms with Crippen LogP contribution in [0.3, 0.4) is 0 Å². The summed E-state index contributed by atoms with van der Waals surface area (Å²) in [5, 5.41) is 27.0. The van der Waals surface area contributed by atoms with E-state index in [1.54, 1.807) is 36.4 Å².